The summed E-state index contributed by atoms with van der Waals surface area (Å²) < 4.78 is 5.61. The van der Waals surface area contributed by atoms with Crippen LogP contribution in [0.4, 0.5) is 0 Å². The number of carbonyl (C=O) groups excluding carboxylic acids is 1. The highest BCUT2D eigenvalue weighted by molar-refractivity contribution is 6.01. The number of hydrogen-bond acceptors (Lipinski definition) is 4. The molecule has 0 aliphatic carbocycles. The molecule has 0 bridgehead atoms. The number of carboxylic acids is 1. The van der Waals surface area contributed by atoms with Crippen molar-refractivity contribution < 1.29 is 19.4 Å². The molecule has 7 heteroatoms. The van der Waals surface area contributed by atoms with Crippen LogP contribution in [0.15, 0.2) is 23.0 Å². The number of methoxy groups -OCH3 is 1. The van der Waals surface area contributed by atoms with E-state index in [-0.39, 0.29) is 17.6 Å². The van der Waals surface area contributed by atoms with E-state index in [0.717, 1.165) is 4.57 Å². The first kappa shape index (κ1) is 11.9. The number of esters is 1. The lowest BCUT2D eigenvalue weighted by molar-refractivity contribution is -0.141. The van der Waals surface area contributed by atoms with Gasteiger partial charge in [0.25, 0.3) is 0 Å². The first-order chi connectivity index (χ1) is 8.54. The van der Waals surface area contributed by atoms with Crippen molar-refractivity contribution in [2.75, 3.05) is 7.11 Å². The van der Waals surface area contributed by atoms with Crippen LogP contribution >= 0.6 is 0 Å². The van der Waals surface area contributed by atoms with Gasteiger partial charge in [0.2, 0.25) is 0 Å². The van der Waals surface area contributed by atoms with Crippen LogP contribution in [0.25, 0.3) is 11.0 Å². The summed E-state index contributed by atoms with van der Waals surface area (Å²) in [6, 6.07) is 4.44. The van der Waals surface area contributed by atoms with Crippen molar-refractivity contribution in [3.8, 4) is 0 Å². The van der Waals surface area contributed by atoms with E-state index in [0.29, 0.717) is 5.52 Å². The van der Waals surface area contributed by atoms with E-state index in [4.69, 9.17) is 5.11 Å². The van der Waals surface area contributed by atoms with Crippen molar-refractivity contribution in [1.82, 2.24) is 9.55 Å². The summed E-state index contributed by atoms with van der Waals surface area (Å²) in [6.45, 7) is -0.265. The maximum Gasteiger partial charge on any atom is 0.337 e. The molecule has 0 atom stereocenters. The number of hydrogen-bond donors (Lipinski definition) is 2. The van der Waals surface area contributed by atoms with Gasteiger partial charge in [-0.2, -0.15) is 0 Å². The Balaban J connectivity index is 2.66. The number of aromatic nitrogens is 2. The number of nitrogens with zero attached hydrogens (tertiary/aromatic N) is 1. The van der Waals surface area contributed by atoms with Crippen LogP contribution < -0.4 is 5.69 Å². The Labute approximate surface area is 101 Å². The summed E-state index contributed by atoms with van der Waals surface area (Å²) in [6.07, 6.45) is 0. The molecule has 0 unspecified atom stereocenters. The number of aromatic carboxylic acids is 1. The Bertz CT molecular complexity index is 682. The molecule has 0 saturated carbocycles. The number of aromatic amines is 1. The molecule has 2 rings (SSSR count). The molecule has 0 spiro atoms. The van der Waals surface area contributed by atoms with Crippen molar-refractivity contribution in [1.29, 1.82) is 0 Å². The Kier molecular flexibility index (Phi) is 2.88. The normalized spacial score (nSPS) is 10.5. The minimum atomic E-state index is -1.15. The molecule has 0 aliphatic heterocycles. The highest BCUT2D eigenvalue weighted by Crippen LogP contribution is 2.15. The molecule has 0 radical (unpaired) electrons. The van der Waals surface area contributed by atoms with Crippen molar-refractivity contribution in [3.63, 3.8) is 0 Å². The van der Waals surface area contributed by atoms with Gasteiger partial charge in [0, 0.05) is 0 Å². The predicted molar refractivity (Wildman–Crippen MR) is 61.5 cm³/mol. The average Bonchev–Trinajstić information content (AvgIpc) is 2.65. The van der Waals surface area contributed by atoms with Crippen molar-refractivity contribution >= 4 is 23.0 Å². The lowest BCUT2D eigenvalue weighted by atomic mass is 10.2. The molecular formula is C11H10N2O5. The highest BCUT2D eigenvalue weighted by Gasteiger charge is 2.15. The number of ether oxygens (including phenoxy) is 1. The molecule has 1 aromatic heterocycles. The number of carboxylic acid groups (broad SMARTS) is 1. The van der Waals surface area contributed by atoms with Gasteiger partial charge in [0.15, 0.2) is 0 Å². The molecule has 0 fully saturated rings. The maximum absolute atomic E-state index is 11.7. The van der Waals surface area contributed by atoms with E-state index < -0.39 is 17.6 Å². The monoisotopic (exact) mass is 250 g/mol. The molecular weight excluding hydrogens is 240 g/mol. The van der Waals surface area contributed by atoms with Gasteiger partial charge in [-0.15, -0.1) is 0 Å². The number of para-hydroxylation sites is 1. The lowest BCUT2D eigenvalue weighted by Crippen LogP contribution is -2.22. The van der Waals surface area contributed by atoms with E-state index in [1.807, 2.05) is 0 Å². The molecule has 1 aromatic carbocycles. The van der Waals surface area contributed by atoms with E-state index >= 15 is 0 Å². The molecule has 18 heavy (non-hydrogen) atoms. The molecule has 0 saturated heterocycles. The quantitative estimate of drug-likeness (QED) is 0.758. The zero-order valence-electron chi connectivity index (χ0n) is 9.47. The lowest BCUT2D eigenvalue weighted by Gasteiger charge is -2.02. The molecule has 7 nitrogen and oxygen atoms in total. The minimum absolute atomic E-state index is 0.0202. The zero-order chi connectivity index (χ0) is 13.3. The second-order valence-corrected chi connectivity index (χ2v) is 3.60. The molecule has 94 valence electrons. The maximum atomic E-state index is 11.7. The predicted octanol–water partition coefficient (Wildman–Crippen LogP) is 0.201. The third-order valence-electron chi connectivity index (χ3n) is 2.56. The summed E-state index contributed by atoms with van der Waals surface area (Å²) in [5, 5.41) is 8.99. The number of rotatable bonds is 3. The molecule has 0 aliphatic rings. The van der Waals surface area contributed by atoms with Crippen LogP contribution in [-0.2, 0) is 16.1 Å². The topological polar surface area (TPSA) is 101 Å². The summed E-state index contributed by atoms with van der Waals surface area (Å²) >= 11 is 0. The van der Waals surface area contributed by atoms with Crippen molar-refractivity contribution in [2.45, 2.75) is 6.54 Å². The summed E-state index contributed by atoms with van der Waals surface area (Å²) in [5.41, 5.74) is -0.0264. The Morgan fingerprint density at radius 1 is 1.44 bits per heavy atom. The van der Waals surface area contributed by atoms with E-state index in [9.17, 15) is 14.4 Å². The molecule has 2 N–H and O–H groups in total. The summed E-state index contributed by atoms with van der Waals surface area (Å²) in [4.78, 5) is 36.3. The van der Waals surface area contributed by atoms with Gasteiger partial charge >= 0.3 is 17.6 Å². The number of benzene rings is 1. The number of nitrogens with one attached hydrogen (secondary N) is 1. The fourth-order valence-electron chi connectivity index (χ4n) is 1.71. The second-order valence-electron chi connectivity index (χ2n) is 3.60. The second kappa shape index (κ2) is 4.36. The van der Waals surface area contributed by atoms with Gasteiger partial charge in [0.05, 0.1) is 23.7 Å². The SMILES string of the molecule is COC(=O)Cn1c(=O)[nH]c2c(C(=O)O)cccc21. The number of carbonyl (C=O) groups is 2. The number of H-pyrrole nitrogens is 1. The van der Waals surface area contributed by atoms with Gasteiger partial charge in [-0.05, 0) is 12.1 Å². The van der Waals surface area contributed by atoms with Crippen LogP contribution in [0.5, 0.6) is 0 Å². The summed E-state index contributed by atoms with van der Waals surface area (Å²) in [5.74, 6) is -1.73. The standard InChI is InChI=1S/C11H10N2O5/c1-18-8(14)5-13-7-4-2-3-6(10(15)16)9(7)12-11(13)17/h2-4H,5H2,1H3,(H,12,17)(H,15,16). The van der Waals surface area contributed by atoms with Gasteiger partial charge in [-0.25, -0.2) is 9.59 Å². The third-order valence-corrected chi connectivity index (χ3v) is 2.56. The van der Waals surface area contributed by atoms with Gasteiger partial charge in [-0.1, -0.05) is 6.07 Å². The van der Waals surface area contributed by atoms with Crippen LogP contribution in [0.1, 0.15) is 10.4 Å². The first-order valence-electron chi connectivity index (χ1n) is 5.06. The molecule has 2 aromatic rings. The largest absolute Gasteiger partial charge is 0.478 e. The smallest absolute Gasteiger partial charge is 0.337 e. The Morgan fingerprint density at radius 3 is 2.78 bits per heavy atom. The Hall–Kier alpha value is -2.57. The highest BCUT2D eigenvalue weighted by atomic mass is 16.5. The average molecular weight is 250 g/mol. The van der Waals surface area contributed by atoms with Crippen LogP contribution in [0.2, 0.25) is 0 Å². The van der Waals surface area contributed by atoms with Crippen molar-refractivity contribution in [2.24, 2.45) is 0 Å². The van der Waals surface area contributed by atoms with E-state index in [2.05, 4.69) is 9.72 Å². The molecule has 0 amide bonds. The minimum Gasteiger partial charge on any atom is -0.478 e. The van der Waals surface area contributed by atoms with E-state index in [1.54, 1.807) is 6.07 Å². The van der Waals surface area contributed by atoms with Gasteiger partial charge in [-0.3, -0.25) is 9.36 Å². The zero-order valence-corrected chi connectivity index (χ0v) is 9.47. The van der Waals surface area contributed by atoms with E-state index in [1.165, 1.54) is 19.2 Å². The van der Waals surface area contributed by atoms with Crippen LogP contribution in [-0.4, -0.2) is 33.7 Å². The van der Waals surface area contributed by atoms with Crippen LogP contribution in [0.3, 0.4) is 0 Å². The summed E-state index contributed by atoms with van der Waals surface area (Å²) in [7, 11) is 1.21. The fourth-order valence-corrected chi connectivity index (χ4v) is 1.71. The number of fused-ring (bicyclic) bond motifs is 1. The number of imidazole rings is 1. The third kappa shape index (κ3) is 1.86. The van der Waals surface area contributed by atoms with Crippen LogP contribution in [0, 0.1) is 0 Å². The first-order valence-corrected chi connectivity index (χ1v) is 5.06. The van der Waals surface area contributed by atoms with Gasteiger partial charge in [0.1, 0.15) is 6.54 Å². The molecule has 1 heterocycles. The van der Waals surface area contributed by atoms with Crippen molar-refractivity contribution in [3.05, 3.63) is 34.2 Å². The van der Waals surface area contributed by atoms with Gasteiger partial charge < -0.3 is 14.8 Å². The Morgan fingerprint density at radius 2 is 2.17 bits per heavy atom. The fraction of sp³-hybridized carbons (Fsp3) is 0.182.